The maximum absolute atomic E-state index is 13.6. The molecule has 166 valence electrons. The Bertz CT molecular complexity index is 1170. The van der Waals surface area contributed by atoms with Crippen LogP contribution in [0.25, 0.3) is 11.3 Å². The van der Waals surface area contributed by atoms with Crippen LogP contribution < -0.4 is 15.4 Å². The first-order valence-corrected chi connectivity index (χ1v) is 9.39. The topological polar surface area (TPSA) is 102 Å². The van der Waals surface area contributed by atoms with Crippen LogP contribution in [0.3, 0.4) is 0 Å². The summed E-state index contributed by atoms with van der Waals surface area (Å²) in [6.45, 7) is 0. The van der Waals surface area contributed by atoms with E-state index < -0.39 is 28.5 Å². The van der Waals surface area contributed by atoms with Crippen LogP contribution in [0.2, 0.25) is 0 Å². The summed E-state index contributed by atoms with van der Waals surface area (Å²) in [6.07, 6.45) is -2.99. The van der Waals surface area contributed by atoms with Crippen LogP contribution in [0.15, 0.2) is 48.5 Å². The Morgan fingerprint density at radius 3 is 2.56 bits per heavy atom. The third-order valence-electron chi connectivity index (χ3n) is 4.42. The van der Waals surface area contributed by atoms with E-state index in [-0.39, 0.29) is 29.2 Å². The Kier molecular flexibility index (Phi) is 5.51. The molecule has 0 bridgehead atoms. The molecule has 32 heavy (non-hydrogen) atoms. The smallest absolute Gasteiger partial charge is 0.406 e. The molecule has 8 nitrogen and oxygen atoms in total. The summed E-state index contributed by atoms with van der Waals surface area (Å²) in [7, 11) is 0. The van der Waals surface area contributed by atoms with Crippen molar-refractivity contribution in [1.29, 1.82) is 0 Å². The van der Waals surface area contributed by atoms with E-state index in [0.29, 0.717) is 5.56 Å². The lowest BCUT2D eigenvalue weighted by molar-refractivity contribution is -0.387. The average Bonchev–Trinajstić information content (AvgIpc) is 3.52. The van der Waals surface area contributed by atoms with Gasteiger partial charge in [-0.15, -0.1) is 13.2 Å². The molecule has 1 fully saturated rings. The van der Waals surface area contributed by atoms with Gasteiger partial charge in [0.2, 0.25) is 11.8 Å². The molecule has 0 saturated heterocycles. The molecule has 0 radical (unpaired) electrons. The number of nitrogens with zero attached hydrogens (tertiary/aromatic N) is 3. The van der Waals surface area contributed by atoms with Crippen molar-refractivity contribution in [3.8, 4) is 17.0 Å². The lowest BCUT2D eigenvalue weighted by Crippen LogP contribution is -2.17. The van der Waals surface area contributed by atoms with Crippen LogP contribution in [0.5, 0.6) is 5.75 Å². The number of nitrogens with one attached hydrogen (secondary N) is 2. The monoisotopic (exact) mass is 449 g/mol. The normalized spacial score (nSPS) is 13.5. The third-order valence-corrected chi connectivity index (χ3v) is 4.42. The zero-order chi connectivity index (χ0) is 22.9. The lowest BCUT2D eigenvalue weighted by Gasteiger charge is -2.13. The second kappa shape index (κ2) is 8.29. The van der Waals surface area contributed by atoms with Crippen molar-refractivity contribution in [2.24, 2.45) is 0 Å². The Hall–Kier alpha value is -3.96. The van der Waals surface area contributed by atoms with Gasteiger partial charge in [0.25, 0.3) is 0 Å². The van der Waals surface area contributed by atoms with E-state index >= 15 is 0 Å². The number of rotatable bonds is 7. The molecule has 1 aliphatic carbocycles. The van der Waals surface area contributed by atoms with Gasteiger partial charge < -0.3 is 15.4 Å². The first kappa shape index (κ1) is 21.3. The van der Waals surface area contributed by atoms with E-state index in [4.69, 9.17) is 0 Å². The van der Waals surface area contributed by atoms with Crippen molar-refractivity contribution < 1.29 is 27.2 Å². The Labute approximate surface area is 178 Å². The van der Waals surface area contributed by atoms with Crippen molar-refractivity contribution in [3.63, 3.8) is 0 Å². The predicted molar refractivity (Wildman–Crippen MR) is 107 cm³/mol. The highest BCUT2D eigenvalue weighted by Gasteiger charge is 2.31. The molecule has 0 amide bonds. The molecule has 1 heterocycles. The fraction of sp³-hybridized carbons (Fsp3) is 0.200. The Morgan fingerprint density at radius 2 is 1.88 bits per heavy atom. The average molecular weight is 449 g/mol. The van der Waals surface area contributed by atoms with Crippen LogP contribution in [0.4, 0.5) is 40.7 Å². The molecule has 2 aromatic carbocycles. The molecule has 0 atom stereocenters. The molecule has 3 aromatic rings. The standard InChI is InChI=1S/C20H15F4N5O3/c21-15-7-6-13(9-17(15)29(30)31)25-18-10-16(27-19(28-18)26-12-4-5-12)11-2-1-3-14(8-11)32-20(22,23)24/h1-3,6-10,12H,4-5H2,(H2,25,26,27,28). The molecule has 1 aromatic heterocycles. The fourth-order valence-corrected chi connectivity index (χ4v) is 2.86. The molecular formula is C20H15F4N5O3. The largest absolute Gasteiger partial charge is 0.573 e. The van der Waals surface area contributed by atoms with Crippen LogP contribution in [0.1, 0.15) is 12.8 Å². The van der Waals surface area contributed by atoms with Gasteiger partial charge >= 0.3 is 12.0 Å². The first-order valence-electron chi connectivity index (χ1n) is 9.39. The highest BCUT2D eigenvalue weighted by Crippen LogP contribution is 2.31. The molecule has 1 aliphatic rings. The van der Waals surface area contributed by atoms with Gasteiger partial charge in [-0.3, -0.25) is 10.1 Å². The second-order valence-corrected chi connectivity index (χ2v) is 7.00. The van der Waals surface area contributed by atoms with Gasteiger partial charge in [0.15, 0.2) is 0 Å². The number of anilines is 3. The van der Waals surface area contributed by atoms with Gasteiger partial charge in [0, 0.05) is 29.4 Å². The number of benzene rings is 2. The summed E-state index contributed by atoms with van der Waals surface area (Å²) in [4.78, 5) is 18.8. The summed E-state index contributed by atoms with van der Waals surface area (Å²) < 4.78 is 55.3. The van der Waals surface area contributed by atoms with Gasteiger partial charge in [-0.25, -0.2) is 4.98 Å². The summed E-state index contributed by atoms with van der Waals surface area (Å²) in [5.41, 5.74) is 0.114. The highest BCUT2D eigenvalue weighted by molar-refractivity contribution is 5.69. The maximum Gasteiger partial charge on any atom is 0.573 e. The minimum Gasteiger partial charge on any atom is -0.406 e. The lowest BCUT2D eigenvalue weighted by atomic mass is 10.1. The van der Waals surface area contributed by atoms with E-state index in [9.17, 15) is 27.7 Å². The summed E-state index contributed by atoms with van der Waals surface area (Å²) in [5.74, 6) is -0.956. The zero-order valence-electron chi connectivity index (χ0n) is 16.2. The number of aromatic nitrogens is 2. The summed E-state index contributed by atoms with van der Waals surface area (Å²) >= 11 is 0. The minimum absolute atomic E-state index is 0.185. The SMILES string of the molecule is O=[N+]([O-])c1cc(Nc2cc(-c3cccc(OC(F)(F)F)c3)nc(NC3CC3)n2)ccc1F. The number of nitro benzene ring substituents is 1. The van der Waals surface area contributed by atoms with Crippen molar-refractivity contribution in [2.75, 3.05) is 10.6 Å². The maximum atomic E-state index is 13.6. The van der Waals surface area contributed by atoms with Crippen molar-refractivity contribution in [3.05, 3.63) is 64.5 Å². The number of ether oxygens (including phenoxy) is 1. The predicted octanol–water partition coefficient (Wildman–Crippen LogP) is 5.41. The Balaban J connectivity index is 1.68. The quantitative estimate of drug-likeness (QED) is 0.283. The first-order chi connectivity index (χ1) is 15.2. The van der Waals surface area contributed by atoms with E-state index in [1.165, 1.54) is 30.3 Å². The van der Waals surface area contributed by atoms with Gasteiger partial charge in [-0.05, 0) is 37.1 Å². The number of halogens is 4. The zero-order valence-corrected chi connectivity index (χ0v) is 16.2. The number of hydrogen-bond acceptors (Lipinski definition) is 7. The highest BCUT2D eigenvalue weighted by atomic mass is 19.4. The molecule has 4 rings (SSSR count). The molecule has 0 unspecified atom stereocenters. The number of alkyl halides is 3. The van der Waals surface area contributed by atoms with Gasteiger partial charge in [-0.1, -0.05) is 12.1 Å². The molecule has 12 heteroatoms. The summed E-state index contributed by atoms with van der Waals surface area (Å²) in [5, 5.41) is 16.9. The molecule has 0 spiro atoms. The number of nitro groups is 1. The van der Waals surface area contributed by atoms with Gasteiger partial charge in [-0.2, -0.15) is 9.37 Å². The van der Waals surface area contributed by atoms with Crippen LogP contribution >= 0.6 is 0 Å². The molecule has 1 saturated carbocycles. The minimum atomic E-state index is -4.84. The van der Waals surface area contributed by atoms with Gasteiger partial charge in [0.1, 0.15) is 11.6 Å². The van der Waals surface area contributed by atoms with Crippen molar-refractivity contribution in [2.45, 2.75) is 25.2 Å². The van der Waals surface area contributed by atoms with Crippen LogP contribution in [-0.4, -0.2) is 27.3 Å². The molecule has 0 aliphatic heterocycles. The fourth-order valence-electron chi connectivity index (χ4n) is 2.86. The van der Waals surface area contributed by atoms with E-state index in [2.05, 4.69) is 25.3 Å². The molecule has 2 N–H and O–H groups in total. The van der Waals surface area contributed by atoms with E-state index in [1.54, 1.807) is 6.07 Å². The third kappa shape index (κ3) is 5.39. The van der Waals surface area contributed by atoms with Crippen molar-refractivity contribution in [1.82, 2.24) is 9.97 Å². The van der Waals surface area contributed by atoms with E-state index in [1.807, 2.05) is 0 Å². The van der Waals surface area contributed by atoms with Crippen molar-refractivity contribution >= 4 is 23.1 Å². The van der Waals surface area contributed by atoms with Crippen LogP contribution in [0, 0.1) is 15.9 Å². The Morgan fingerprint density at radius 1 is 1.09 bits per heavy atom. The van der Waals surface area contributed by atoms with Gasteiger partial charge in [0.05, 0.1) is 10.6 Å². The summed E-state index contributed by atoms with van der Waals surface area (Å²) in [6, 6.07) is 10.2. The second-order valence-electron chi connectivity index (χ2n) is 7.00. The van der Waals surface area contributed by atoms with E-state index in [0.717, 1.165) is 25.0 Å². The number of hydrogen-bond donors (Lipinski definition) is 2. The van der Waals surface area contributed by atoms with Crippen LogP contribution in [-0.2, 0) is 0 Å². The molecular weight excluding hydrogens is 434 g/mol.